The van der Waals surface area contributed by atoms with Crippen molar-refractivity contribution in [2.24, 2.45) is 11.8 Å². The van der Waals surface area contributed by atoms with Crippen molar-refractivity contribution in [3.8, 4) is 0 Å². The van der Waals surface area contributed by atoms with E-state index >= 15 is 0 Å². The molecule has 0 amide bonds. The molecule has 3 aliphatic rings. The zero-order chi connectivity index (χ0) is 13.9. The first-order chi connectivity index (χ1) is 9.11. The molecule has 0 N–H and O–H groups in total. The molecule has 19 heavy (non-hydrogen) atoms. The molecule has 3 aliphatic heterocycles. The third-order valence-corrected chi connectivity index (χ3v) is 14.2. The van der Waals surface area contributed by atoms with E-state index in [1.165, 1.54) is 38.5 Å². The predicted molar refractivity (Wildman–Crippen MR) is 81.8 cm³/mol. The molecule has 0 saturated carbocycles. The van der Waals surface area contributed by atoms with Gasteiger partial charge in [-0.05, 0) is 24.7 Å². The summed E-state index contributed by atoms with van der Waals surface area (Å²) in [6, 6.07) is 2.11. The molecule has 3 heterocycles. The standard InChI is InChI=1S/C14H30O3Si2/c1-5-13(6-2)9-11-18-15-19(16-18,17-18)12-10-14(7-3)8-4/h13-14H,5-12H2,1-4H3. The van der Waals surface area contributed by atoms with Gasteiger partial charge in [0.15, 0.2) is 0 Å². The van der Waals surface area contributed by atoms with Gasteiger partial charge in [0.25, 0.3) is 0 Å². The topological polar surface area (TPSA) is 27.7 Å². The Bertz CT molecular complexity index is 245. The van der Waals surface area contributed by atoms with E-state index in [2.05, 4.69) is 27.7 Å². The molecule has 0 radical (unpaired) electrons. The summed E-state index contributed by atoms with van der Waals surface area (Å²) in [6.45, 7) is 9.08. The summed E-state index contributed by atoms with van der Waals surface area (Å²) in [6.07, 6.45) is 7.49. The third-order valence-electron chi connectivity index (χ3n) is 4.96. The van der Waals surface area contributed by atoms with Crippen molar-refractivity contribution in [1.29, 1.82) is 0 Å². The molecule has 0 aromatic heterocycles. The SMILES string of the molecule is CCC(CC)CC[Si]12O[Si](CCC(CC)CC)(O1)O2. The molecule has 0 spiro atoms. The lowest BCUT2D eigenvalue weighted by atomic mass is 10.0. The van der Waals surface area contributed by atoms with Gasteiger partial charge in [-0.3, -0.25) is 0 Å². The number of hydrogen-bond donors (Lipinski definition) is 0. The second kappa shape index (κ2) is 6.39. The minimum atomic E-state index is -2.05. The molecule has 3 saturated heterocycles. The van der Waals surface area contributed by atoms with Gasteiger partial charge >= 0.3 is 17.6 Å². The zero-order valence-electron chi connectivity index (χ0n) is 13.0. The van der Waals surface area contributed by atoms with Gasteiger partial charge in [0.05, 0.1) is 0 Å². The summed E-state index contributed by atoms with van der Waals surface area (Å²) >= 11 is 0. The van der Waals surface area contributed by atoms with Crippen LogP contribution in [0.15, 0.2) is 0 Å². The summed E-state index contributed by atoms with van der Waals surface area (Å²) in [4.78, 5) is 0. The summed E-state index contributed by atoms with van der Waals surface area (Å²) in [7, 11) is -4.10. The highest BCUT2D eigenvalue weighted by Crippen LogP contribution is 2.53. The first-order valence-corrected chi connectivity index (χ1v) is 12.1. The normalized spacial score (nSPS) is 32.5. The fourth-order valence-corrected chi connectivity index (χ4v) is 13.0. The van der Waals surface area contributed by atoms with E-state index in [1.807, 2.05) is 0 Å². The van der Waals surface area contributed by atoms with Gasteiger partial charge in [-0.25, -0.2) is 0 Å². The summed E-state index contributed by atoms with van der Waals surface area (Å²) < 4.78 is 18.3. The van der Waals surface area contributed by atoms with E-state index in [0.29, 0.717) is 0 Å². The minimum absolute atomic E-state index is 0.819. The van der Waals surface area contributed by atoms with Crippen LogP contribution in [0.5, 0.6) is 0 Å². The highest BCUT2D eigenvalue weighted by atomic mass is 28.6. The highest BCUT2D eigenvalue weighted by molar-refractivity contribution is 7.01. The van der Waals surface area contributed by atoms with Crippen LogP contribution in [-0.2, 0) is 12.3 Å². The molecular formula is C14H30O3Si2. The fraction of sp³-hybridized carbons (Fsp3) is 1.00. The van der Waals surface area contributed by atoms with Crippen LogP contribution in [0.3, 0.4) is 0 Å². The van der Waals surface area contributed by atoms with Crippen molar-refractivity contribution >= 4 is 17.6 Å². The average Bonchev–Trinajstić information content (AvgIpc) is 2.34. The van der Waals surface area contributed by atoms with Crippen LogP contribution in [0, 0.1) is 11.8 Å². The number of rotatable bonds is 10. The van der Waals surface area contributed by atoms with Crippen molar-refractivity contribution in [3.63, 3.8) is 0 Å². The molecule has 3 rings (SSSR count). The second-order valence-corrected chi connectivity index (χ2v) is 12.3. The van der Waals surface area contributed by atoms with Crippen molar-refractivity contribution in [2.75, 3.05) is 0 Å². The molecule has 3 nitrogen and oxygen atoms in total. The maximum atomic E-state index is 6.12. The van der Waals surface area contributed by atoms with Crippen LogP contribution in [0.25, 0.3) is 0 Å². The summed E-state index contributed by atoms with van der Waals surface area (Å²) in [5.41, 5.74) is 0. The monoisotopic (exact) mass is 302 g/mol. The van der Waals surface area contributed by atoms with Crippen molar-refractivity contribution < 1.29 is 12.3 Å². The van der Waals surface area contributed by atoms with E-state index in [4.69, 9.17) is 12.3 Å². The lowest BCUT2D eigenvalue weighted by Gasteiger charge is -2.63. The van der Waals surface area contributed by atoms with E-state index in [-0.39, 0.29) is 0 Å². The minimum Gasteiger partial charge on any atom is -0.373 e. The number of hydrogen-bond acceptors (Lipinski definition) is 3. The molecule has 5 heteroatoms. The zero-order valence-corrected chi connectivity index (χ0v) is 15.0. The van der Waals surface area contributed by atoms with E-state index in [9.17, 15) is 0 Å². The Hall–Kier alpha value is 0.314. The summed E-state index contributed by atoms with van der Waals surface area (Å²) in [5.74, 6) is 1.64. The molecule has 2 bridgehead atoms. The first-order valence-electron chi connectivity index (χ1n) is 8.21. The van der Waals surface area contributed by atoms with Gasteiger partial charge in [-0.2, -0.15) is 0 Å². The van der Waals surface area contributed by atoms with Crippen LogP contribution in [0.1, 0.15) is 66.2 Å². The molecule has 0 atom stereocenters. The molecule has 0 aliphatic carbocycles. The maximum Gasteiger partial charge on any atom is 0.478 e. The van der Waals surface area contributed by atoms with Crippen molar-refractivity contribution in [2.45, 2.75) is 78.3 Å². The summed E-state index contributed by atoms with van der Waals surface area (Å²) in [5, 5.41) is 0. The van der Waals surface area contributed by atoms with Crippen LogP contribution in [0.4, 0.5) is 0 Å². The van der Waals surface area contributed by atoms with Crippen LogP contribution in [-0.4, -0.2) is 17.6 Å². The average molecular weight is 303 g/mol. The first kappa shape index (κ1) is 15.7. The molecule has 0 unspecified atom stereocenters. The lowest BCUT2D eigenvalue weighted by Crippen LogP contribution is -2.88. The Morgan fingerprint density at radius 3 is 1.21 bits per heavy atom. The Morgan fingerprint density at radius 2 is 0.947 bits per heavy atom. The third kappa shape index (κ3) is 3.32. The molecule has 0 aromatic carbocycles. The van der Waals surface area contributed by atoms with Crippen LogP contribution in [0.2, 0.25) is 12.1 Å². The van der Waals surface area contributed by atoms with E-state index in [1.54, 1.807) is 0 Å². The quantitative estimate of drug-likeness (QED) is 0.552. The van der Waals surface area contributed by atoms with Gasteiger partial charge in [0.1, 0.15) is 0 Å². The van der Waals surface area contributed by atoms with Gasteiger partial charge in [-0.1, -0.05) is 53.4 Å². The van der Waals surface area contributed by atoms with E-state index < -0.39 is 17.6 Å². The molecule has 112 valence electrons. The predicted octanol–water partition coefficient (Wildman–Crippen LogP) is 4.59. The lowest BCUT2D eigenvalue weighted by molar-refractivity contribution is -0.0366. The van der Waals surface area contributed by atoms with Gasteiger partial charge < -0.3 is 12.3 Å². The highest BCUT2D eigenvalue weighted by Gasteiger charge is 2.80. The molecule has 0 aromatic rings. The van der Waals surface area contributed by atoms with E-state index in [0.717, 1.165) is 23.9 Å². The van der Waals surface area contributed by atoms with Crippen LogP contribution < -0.4 is 0 Å². The smallest absolute Gasteiger partial charge is 0.373 e. The second-order valence-electron chi connectivity index (χ2n) is 6.11. The van der Waals surface area contributed by atoms with Crippen LogP contribution >= 0.6 is 0 Å². The molecular weight excluding hydrogens is 272 g/mol. The Balaban J connectivity index is 1.64. The largest absolute Gasteiger partial charge is 0.478 e. The fourth-order valence-electron chi connectivity index (χ4n) is 3.20. The van der Waals surface area contributed by atoms with Crippen molar-refractivity contribution in [1.82, 2.24) is 0 Å². The maximum absolute atomic E-state index is 6.12. The Kier molecular flexibility index (Phi) is 5.28. The molecule has 3 fully saturated rings. The van der Waals surface area contributed by atoms with Crippen molar-refractivity contribution in [3.05, 3.63) is 0 Å². The Morgan fingerprint density at radius 1 is 0.632 bits per heavy atom. The van der Waals surface area contributed by atoms with Gasteiger partial charge in [-0.15, -0.1) is 0 Å². The Labute approximate surface area is 120 Å². The van der Waals surface area contributed by atoms with Gasteiger partial charge in [0, 0.05) is 12.1 Å². The van der Waals surface area contributed by atoms with Gasteiger partial charge in [0.2, 0.25) is 0 Å².